The largest absolute Gasteiger partial charge is 0.494 e. The number of hydrogen-bond acceptors (Lipinski definition) is 3. The van der Waals surface area contributed by atoms with Crippen LogP contribution in [0.3, 0.4) is 0 Å². The molecule has 3 nitrogen and oxygen atoms in total. The highest BCUT2D eigenvalue weighted by molar-refractivity contribution is 5.90. The predicted molar refractivity (Wildman–Crippen MR) is 119 cm³/mol. The third-order valence-electron chi connectivity index (χ3n) is 5.36. The number of esters is 1. The van der Waals surface area contributed by atoms with Crippen molar-refractivity contribution in [2.45, 2.75) is 45.7 Å². The number of carbonyl (C=O) groups excluding carboxylic acids is 1. The standard InChI is InChI=1S/C26H27F3O3/c1-4-18-7-10-23(24(13-18)26(27,28)29)21-14-19-8-9-22(16-20(19)15-21)31-11-5-6-12-32-25(30)17(2)3/h7-10,13,15-16H,2,4-6,11-12,14H2,1,3H3. The van der Waals surface area contributed by atoms with Crippen LogP contribution in [0.25, 0.3) is 11.6 Å². The average Bonchev–Trinajstić information content (AvgIpc) is 3.18. The fraction of sp³-hybridized carbons (Fsp3) is 0.346. The summed E-state index contributed by atoms with van der Waals surface area (Å²) in [6, 6.07) is 10.2. The number of rotatable bonds is 9. The molecule has 0 saturated heterocycles. The molecule has 0 unspecified atom stereocenters. The van der Waals surface area contributed by atoms with Gasteiger partial charge in [-0.25, -0.2) is 4.79 Å². The molecule has 32 heavy (non-hydrogen) atoms. The van der Waals surface area contributed by atoms with Crippen molar-refractivity contribution in [3.8, 4) is 5.75 Å². The zero-order valence-electron chi connectivity index (χ0n) is 18.3. The first-order valence-corrected chi connectivity index (χ1v) is 10.7. The number of carbonyl (C=O) groups is 1. The molecule has 0 radical (unpaired) electrons. The molecule has 0 atom stereocenters. The molecule has 0 N–H and O–H groups in total. The van der Waals surface area contributed by atoms with E-state index in [0.29, 0.717) is 61.4 Å². The number of allylic oxidation sites excluding steroid dienone is 1. The monoisotopic (exact) mass is 444 g/mol. The van der Waals surface area contributed by atoms with Gasteiger partial charge in [-0.3, -0.25) is 0 Å². The van der Waals surface area contributed by atoms with Crippen LogP contribution in [0.4, 0.5) is 13.2 Å². The smallest absolute Gasteiger partial charge is 0.417 e. The van der Waals surface area contributed by atoms with Crippen LogP contribution >= 0.6 is 0 Å². The predicted octanol–water partition coefficient (Wildman–Crippen LogP) is 6.64. The van der Waals surface area contributed by atoms with E-state index in [1.807, 2.05) is 31.2 Å². The van der Waals surface area contributed by atoms with Gasteiger partial charge in [-0.1, -0.05) is 37.8 Å². The quantitative estimate of drug-likeness (QED) is 0.247. The number of unbranched alkanes of at least 4 members (excludes halogenated alkanes) is 1. The first-order valence-electron chi connectivity index (χ1n) is 10.7. The summed E-state index contributed by atoms with van der Waals surface area (Å²) in [6.07, 6.45) is -0.196. The van der Waals surface area contributed by atoms with E-state index in [0.717, 1.165) is 11.1 Å². The van der Waals surface area contributed by atoms with E-state index >= 15 is 0 Å². The minimum Gasteiger partial charge on any atom is -0.494 e. The van der Waals surface area contributed by atoms with E-state index in [4.69, 9.17) is 9.47 Å². The zero-order chi connectivity index (χ0) is 23.3. The molecule has 0 spiro atoms. The van der Waals surface area contributed by atoms with Crippen LogP contribution in [0.2, 0.25) is 0 Å². The van der Waals surface area contributed by atoms with Crippen molar-refractivity contribution in [3.63, 3.8) is 0 Å². The van der Waals surface area contributed by atoms with Crippen LogP contribution in [-0.4, -0.2) is 19.2 Å². The lowest BCUT2D eigenvalue weighted by molar-refractivity contribution is -0.139. The van der Waals surface area contributed by atoms with Gasteiger partial charge in [0.05, 0.1) is 18.8 Å². The molecule has 6 heteroatoms. The summed E-state index contributed by atoms with van der Waals surface area (Å²) in [5.41, 5.74) is 3.20. The molecule has 0 saturated carbocycles. The molecule has 170 valence electrons. The summed E-state index contributed by atoms with van der Waals surface area (Å²) in [4.78, 5) is 11.3. The Kier molecular flexibility index (Phi) is 7.44. The summed E-state index contributed by atoms with van der Waals surface area (Å²) in [6.45, 7) is 7.74. The van der Waals surface area contributed by atoms with Gasteiger partial charge in [0.2, 0.25) is 0 Å². The Morgan fingerprint density at radius 2 is 1.84 bits per heavy atom. The highest BCUT2D eigenvalue weighted by Gasteiger charge is 2.35. The molecule has 2 aromatic rings. The van der Waals surface area contributed by atoms with Crippen molar-refractivity contribution in [2.24, 2.45) is 0 Å². The zero-order valence-corrected chi connectivity index (χ0v) is 18.3. The number of benzene rings is 2. The van der Waals surface area contributed by atoms with Gasteiger partial charge in [-0.15, -0.1) is 0 Å². The molecular formula is C26H27F3O3. The minimum atomic E-state index is -4.40. The number of halogens is 3. The third kappa shape index (κ3) is 5.81. The third-order valence-corrected chi connectivity index (χ3v) is 5.36. The molecule has 0 aromatic heterocycles. The molecular weight excluding hydrogens is 417 g/mol. The Hall–Kier alpha value is -3.02. The van der Waals surface area contributed by atoms with Crippen LogP contribution in [0, 0.1) is 0 Å². The van der Waals surface area contributed by atoms with E-state index in [1.54, 1.807) is 19.1 Å². The van der Waals surface area contributed by atoms with Crippen LogP contribution in [0.5, 0.6) is 5.75 Å². The summed E-state index contributed by atoms with van der Waals surface area (Å²) in [5, 5.41) is 0. The van der Waals surface area contributed by atoms with Crippen molar-refractivity contribution >= 4 is 17.6 Å². The van der Waals surface area contributed by atoms with E-state index in [1.165, 1.54) is 6.07 Å². The second-order valence-corrected chi connectivity index (χ2v) is 7.91. The highest BCUT2D eigenvalue weighted by Crippen LogP contribution is 2.40. The second kappa shape index (κ2) is 10.1. The van der Waals surface area contributed by atoms with Gasteiger partial charge in [-0.2, -0.15) is 13.2 Å². The Balaban J connectivity index is 1.63. The molecule has 1 aliphatic carbocycles. The van der Waals surface area contributed by atoms with Gasteiger partial charge in [0.1, 0.15) is 5.75 Å². The molecule has 0 fully saturated rings. The maximum Gasteiger partial charge on any atom is 0.417 e. The average molecular weight is 444 g/mol. The van der Waals surface area contributed by atoms with Crippen LogP contribution < -0.4 is 4.74 Å². The van der Waals surface area contributed by atoms with Crippen LogP contribution in [0.15, 0.2) is 48.6 Å². The number of ether oxygens (including phenoxy) is 2. The van der Waals surface area contributed by atoms with Gasteiger partial charge in [0, 0.05) is 5.57 Å². The first kappa shape index (κ1) is 23.6. The summed E-state index contributed by atoms with van der Waals surface area (Å²) in [7, 11) is 0. The second-order valence-electron chi connectivity index (χ2n) is 7.91. The van der Waals surface area contributed by atoms with Crippen molar-refractivity contribution in [2.75, 3.05) is 13.2 Å². The van der Waals surface area contributed by atoms with Gasteiger partial charge in [0.25, 0.3) is 0 Å². The number of aryl methyl sites for hydroxylation is 1. The minimum absolute atomic E-state index is 0.234. The molecule has 0 heterocycles. The Morgan fingerprint density at radius 3 is 2.53 bits per heavy atom. The first-order chi connectivity index (χ1) is 15.2. The number of alkyl halides is 3. The van der Waals surface area contributed by atoms with Gasteiger partial charge in [0.15, 0.2) is 0 Å². The topological polar surface area (TPSA) is 35.5 Å². The highest BCUT2D eigenvalue weighted by atomic mass is 19.4. The summed E-state index contributed by atoms with van der Waals surface area (Å²) >= 11 is 0. The van der Waals surface area contributed by atoms with Crippen LogP contribution in [0.1, 0.15) is 54.5 Å². The van der Waals surface area contributed by atoms with Gasteiger partial charge >= 0.3 is 12.1 Å². The van der Waals surface area contributed by atoms with Gasteiger partial charge in [-0.05, 0) is 78.6 Å². The molecule has 0 aliphatic heterocycles. The Bertz CT molecular complexity index is 1040. The molecule has 0 amide bonds. The lowest BCUT2D eigenvalue weighted by Crippen LogP contribution is -2.09. The fourth-order valence-electron chi connectivity index (χ4n) is 3.58. The lowest BCUT2D eigenvalue weighted by atomic mass is 9.95. The van der Waals surface area contributed by atoms with Crippen LogP contribution in [-0.2, 0) is 28.5 Å². The molecule has 3 rings (SSSR count). The number of fused-ring (bicyclic) bond motifs is 1. The van der Waals surface area contributed by atoms with Crippen molar-refractivity contribution < 1.29 is 27.4 Å². The van der Waals surface area contributed by atoms with E-state index in [9.17, 15) is 18.0 Å². The van der Waals surface area contributed by atoms with E-state index < -0.39 is 17.7 Å². The summed E-state index contributed by atoms with van der Waals surface area (Å²) in [5.74, 6) is 0.266. The molecule has 2 aromatic carbocycles. The normalized spacial score (nSPS) is 12.8. The SMILES string of the molecule is C=C(C)C(=O)OCCCCOc1ccc2c(c1)C=C(c1ccc(CC)cc1C(F)(F)F)C2. The molecule has 0 bridgehead atoms. The van der Waals surface area contributed by atoms with Crippen molar-refractivity contribution in [1.29, 1.82) is 0 Å². The van der Waals surface area contributed by atoms with Crippen molar-refractivity contribution in [3.05, 3.63) is 76.4 Å². The lowest BCUT2D eigenvalue weighted by Gasteiger charge is -2.15. The van der Waals surface area contributed by atoms with Crippen molar-refractivity contribution in [1.82, 2.24) is 0 Å². The Labute approximate surface area is 186 Å². The fourth-order valence-corrected chi connectivity index (χ4v) is 3.58. The van der Waals surface area contributed by atoms with E-state index in [2.05, 4.69) is 6.58 Å². The maximum atomic E-state index is 13.6. The molecule has 1 aliphatic rings. The number of hydrogen-bond donors (Lipinski definition) is 0. The Morgan fingerprint density at radius 1 is 1.09 bits per heavy atom. The van der Waals surface area contributed by atoms with E-state index in [-0.39, 0.29) is 5.56 Å². The summed E-state index contributed by atoms with van der Waals surface area (Å²) < 4.78 is 51.7. The van der Waals surface area contributed by atoms with Gasteiger partial charge < -0.3 is 9.47 Å². The maximum absolute atomic E-state index is 13.6.